The van der Waals surface area contributed by atoms with Crippen molar-refractivity contribution in [2.24, 2.45) is 0 Å². The van der Waals surface area contributed by atoms with Crippen LogP contribution in [0.2, 0.25) is 0 Å². The van der Waals surface area contributed by atoms with Gasteiger partial charge in [-0.1, -0.05) is 0 Å². The van der Waals surface area contributed by atoms with E-state index in [1.165, 1.54) is 0 Å². The number of aliphatic carboxylic acids is 1. The van der Waals surface area contributed by atoms with Crippen molar-refractivity contribution in [3.8, 4) is 0 Å². The fraction of sp³-hybridized carbons (Fsp3) is 0.909. The summed E-state index contributed by atoms with van der Waals surface area (Å²) in [5.74, 6) is -0.718. The molecule has 3 atom stereocenters. The van der Waals surface area contributed by atoms with Crippen LogP contribution in [0, 0.1) is 0 Å². The number of hydrogen-bond donors (Lipinski definition) is 2. The van der Waals surface area contributed by atoms with Crippen molar-refractivity contribution in [1.82, 2.24) is 5.32 Å². The topological polar surface area (TPSA) is 58.6 Å². The fourth-order valence-electron chi connectivity index (χ4n) is 2.13. The zero-order valence-electron chi connectivity index (χ0n) is 9.53. The van der Waals surface area contributed by atoms with E-state index in [0.29, 0.717) is 18.6 Å². The molecular formula is C11H21NO3. The molecule has 1 fully saturated rings. The second-order valence-electron chi connectivity index (χ2n) is 4.37. The first kappa shape index (κ1) is 12.5. The van der Waals surface area contributed by atoms with Crippen molar-refractivity contribution in [1.29, 1.82) is 0 Å². The third-order valence-electron chi connectivity index (χ3n) is 3.03. The molecular weight excluding hydrogens is 194 g/mol. The maximum Gasteiger partial charge on any atom is 0.303 e. The third-order valence-corrected chi connectivity index (χ3v) is 3.03. The number of ether oxygens (including phenoxy) is 1. The quantitative estimate of drug-likeness (QED) is 0.703. The van der Waals surface area contributed by atoms with E-state index in [1.807, 2.05) is 6.92 Å². The van der Waals surface area contributed by atoms with E-state index in [1.54, 1.807) is 7.11 Å². The number of carboxylic acids is 1. The minimum absolute atomic E-state index is 0.245. The molecule has 1 rings (SSSR count). The van der Waals surface area contributed by atoms with Gasteiger partial charge in [-0.2, -0.15) is 0 Å². The molecule has 0 saturated heterocycles. The molecule has 0 aromatic rings. The minimum atomic E-state index is -0.718. The predicted molar refractivity (Wildman–Crippen MR) is 57.9 cm³/mol. The summed E-state index contributed by atoms with van der Waals surface area (Å²) in [6.45, 7) is 2.04. The number of nitrogens with one attached hydrogen (secondary N) is 1. The predicted octanol–water partition coefficient (Wildman–Crippen LogP) is 1.40. The summed E-state index contributed by atoms with van der Waals surface area (Å²) in [5.41, 5.74) is 0. The smallest absolute Gasteiger partial charge is 0.303 e. The Labute approximate surface area is 91.0 Å². The number of rotatable bonds is 6. The van der Waals surface area contributed by atoms with Crippen LogP contribution in [0.3, 0.4) is 0 Å². The van der Waals surface area contributed by atoms with E-state index in [9.17, 15) is 4.79 Å². The Hall–Kier alpha value is -0.610. The lowest BCUT2D eigenvalue weighted by Crippen LogP contribution is -2.35. The summed E-state index contributed by atoms with van der Waals surface area (Å²) < 4.78 is 5.29. The highest BCUT2D eigenvalue weighted by Gasteiger charge is 2.25. The lowest BCUT2D eigenvalue weighted by Gasteiger charge is -2.18. The molecule has 4 heteroatoms. The molecule has 0 amide bonds. The lowest BCUT2D eigenvalue weighted by atomic mass is 10.1. The van der Waals surface area contributed by atoms with E-state index < -0.39 is 5.97 Å². The van der Waals surface area contributed by atoms with Crippen LogP contribution in [0.5, 0.6) is 0 Å². The Kier molecular flexibility index (Phi) is 5.05. The van der Waals surface area contributed by atoms with Crippen molar-refractivity contribution in [3.63, 3.8) is 0 Å². The summed E-state index contributed by atoms with van der Waals surface area (Å²) in [6.07, 6.45) is 4.62. The SMILES string of the molecule is COC1CCC(NC(C)CCC(=O)O)C1. The average molecular weight is 215 g/mol. The van der Waals surface area contributed by atoms with Crippen molar-refractivity contribution in [2.45, 2.75) is 57.2 Å². The molecule has 0 aliphatic heterocycles. The van der Waals surface area contributed by atoms with Crippen molar-refractivity contribution < 1.29 is 14.6 Å². The Bertz CT molecular complexity index is 208. The first-order valence-electron chi connectivity index (χ1n) is 5.62. The summed E-state index contributed by atoms with van der Waals surface area (Å²) in [7, 11) is 1.75. The number of hydrogen-bond acceptors (Lipinski definition) is 3. The Balaban J connectivity index is 2.15. The van der Waals surface area contributed by atoms with Gasteiger partial charge in [0.2, 0.25) is 0 Å². The molecule has 0 aromatic carbocycles. The number of carboxylic acid groups (broad SMARTS) is 1. The first-order chi connectivity index (χ1) is 7.11. The monoisotopic (exact) mass is 215 g/mol. The van der Waals surface area contributed by atoms with Gasteiger partial charge >= 0.3 is 5.97 Å². The van der Waals surface area contributed by atoms with E-state index in [4.69, 9.17) is 9.84 Å². The highest BCUT2D eigenvalue weighted by molar-refractivity contribution is 5.66. The normalized spacial score (nSPS) is 27.9. The number of carbonyl (C=O) groups is 1. The molecule has 3 unspecified atom stereocenters. The molecule has 1 aliphatic carbocycles. The van der Waals surface area contributed by atoms with E-state index in [0.717, 1.165) is 19.3 Å². The van der Waals surface area contributed by atoms with Crippen molar-refractivity contribution in [2.75, 3.05) is 7.11 Å². The summed E-state index contributed by atoms with van der Waals surface area (Å²) in [4.78, 5) is 10.4. The molecule has 0 radical (unpaired) electrons. The molecule has 1 saturated carbocycles. The maximum atomic E-state index is 10.4. The van der Waals surface area contributed by atoms with E-state index >= 15 is 0 Å². The molecule has 88 valence electrons. The van der Waals surface area contributed by atoms with Gasteiger partial charge in [-0.3, -0.25) is 4.79 Å². The van der Waals surface area contributed by atoms with Crippen LogP contribution in [0.4, 0.5) is 0 Å². The second kappa shape index (κ2) is 6.08. The van der Waals surface area contributed by atoms with Gasteiger partial charge in [-0.05, 0) is 32.6 Å². The molecule has 2 N–H and O–H groups in total. The highest BCUT2D eigenvalue weighted by Crippen LogP contribution is 2.22. The molecule has 15 heavy (non-hydrogen) atoms. The number of methoxy groups -OCH3 is 1. The zero-order chi connectivity index (χ0) is 11.3. The van der Waals surface area contributed by atoms with Crippen LogP contribution >= 0.6 is 0 Å². The van der Waals surface area contributed by atoms with E-state index in [2.05, 4.69) is 5.32 Å². The maximum absolute atomic E-state index is 10.4. The van der Waals surface area contributed by atoms with E-state index in [-0.39, 0.29) is 12.5 Å². The van der Waals surface area contributed by atoms with Crippen LogP contribution < -0.4 is 5.32 Å². The van der Waals surface area contributed by atoms with Gasteiger partial charge in [-0.25, -0.2) is 0 Å². The first-order valence-corrected chi connectivity index (χ1v) is 5.62. The average Bonchev–Trinajstić information content (AvgIpc) is 2.62. The molecule has 0 aromatic heterocycles. The van der Waals surface area contributed by atoms with Crippen molar-refractivity contribution in [3.05, 3.63) is 0 Å². The molecule has 0 spiro atoms. The Morgan fingerprint density at radius 2 is 2.33 bits per heavy atom. The highest BCUT2D eigenvalue weighted by atomic mass is 16.5. The van der Waals surface area contributed by atoms with Gasteiger partial charge in [-0.15, -0.1) is 0 Å². The molecule has 1 aliphatic rings. The lowest BCUT2D eigenvalue weighted by molar-refractivity contribution is -0.137. The summed E-state index contributed by atoms with van der Waals surface area (Å²) in [5, 5.41) is 12.0. The van der Waals surface area contributed by atoms with Gasteiger partial charge in [0.1, 0.15) is 0 Å². The van der Waals surface area contributed by atoms with Crippen LogP contribution in [0.25, 0.3) is 0 Å². The fourth-order valence-corrected chi connectivity index (χ4v) is 2.13. The van der Waals surface area contributed by atoms with Crippen LogP contribution in [-0.4, -0.2) is 36.4 Å². The van der Waals surface area contributed by atoms with Gasteiger partial charge in [0.15, 0.2) is 0 Å². The Morgan fingerprint density at radius 1 is 1.60 bits per heavy atom. The third kappa shape index (κ3) is 4.62. The van der Waals surface area contributed by atoms with Gasteiger partial charge < -0.3 is 15.2 Å². The van der Waals surface area contributed by atoms with Gasteiger partial charge in [0.25, 0.3) is 0 Å². The standard InChI is InChI=1S/C11H21NO3/c1-8(3-6-11(13)14)12-9-4-5-10(7-9)15-2/h8-10,12H,3-7H2,1-2H3,(H,13,14). The minimum Gasteiger partial charge on any atom is -0.481 e. The second-order valence-corrected chi connectivity index (χ2v) is 4.37. The van der Waals surface area contributed by atoms with Gasteiger partial charge in [0.05, 0.1) is 6.10 Å². The van der Waals surface area contributed by atoms with Crippen LogP contribution in [-0.2, 0) is 9.53 Å². The van der Waals surface area contributed by atoms with Crippen LogP contribution in [0.15, 0.2) is 0 Å². The largest absolute Gasteiger partial charge is 0.481 e. The van der Waals surface area contributed by atoms with Crippen molar-refractivity contribution >= 4 is 5.97 Å². The molecule has 0 bridgehead atoms. The summed E-state index contributed by atoms with van der Waals surface area (Å²) in [6, 6.07) is 0.778. The zero-order valence-corrected chi connectivity index (χ0v) is 9.53. The van der Waals surface area contributed by atoms with Crippen LogP contribution in [0.1, 0.15) is 39.0 Å². The van der Waals surface area contributed by atoms with Gasteiger partial charge in [0, 0.05) is 25.6 Å². The summed E-state index contributed by atoms with van der Waals surface area (Å²) >= 11 is 0. The molecule has 4 nitrogen and oxygen atoms in total. The molecule has 0 heterocycles. The Morgan fingerprint density at radius 3 is 2.87 bits per heavy atom.